The van der Waals surface area contributed by atoms with Crippen molar-refractivity contribution >= 4 is 29.1 Å². The summed E-state index contributed by atoms with van der Waals surface area (Å²) in [5, 5.41) is 40.0. The summed E-state index contributed by atoms with van der Waals surface area (Å²) in [7, 11) is 0. The number of hydrogen-bond donors (Lipinski definition) is 0. The molecule has 0 radical (unpaired) electrons. The van der Waals surface area contributed by atoms with Crippen LogP contribution >= 0.6 is 0 Å². The molecule has 0 rings (SSSR count). The van der Waals surface area contributed by atoms with Crippen molar-refractivity contribution in [2.24, 2.45) is 5.92 Å². The van der Waals surface area contributed by atoms with Crippen molar-refractivity contribution in [1.29, 1.82) is 0 Å². The second-order valence-electron chi connectivity index (χ2n) is 5.99. The van der Waals surface area contributed by atoms with Crippen LogP contribution in [0.4, 0.5) is 0 Å². The van der Waals surface area contributed by atoms with Crippen LogP contribution < -0.4 is 20.4 Å². The first-order valence-corrected chi connectivity index (χ1v) is 8.76. The Morgan fingerprint density at radius 2 is 0.839 bits per heavy atom. The summed E-state index contributed by atoms with van der Waals surface area (Å²) < 4.78 is 0. The van der Waals surface area contributed by atoms with E-state index in [1.54, 1.807) is 6.92 Å². The van der Waals surface area contributed by atoms with Crippen molar-refractivity contribution < 1.29 is 66.1 Å². The van der Waals surface area contributed by atoms with E-state index in [1.165, 1.54) is 48.5 Å². The third-order valence-corrected chi connectivity index (χ3v) is 2.40. The zero-order valence-corrected chi connectivity index (χ0v) is 20.8. The van der Waals surface area contributed by atoms with Crippen molar-refractivity contribution in [1.82, 2.24) is 0 Å². The number of carbonyl (C=O) groups excluding carboxylic acids is 5. The van der Waals surface area contributed by atoms with E-state index in [2.05, 4.69) is 0 Å². The van der Waals surface area contributed by atoms with E-state index < -0.39 is 11.9 Å². The zero-order valence-electron chi connectivity index (χ0n) is 19.2. The van der Waals surface area contributed by atoms with Gasteiger partial charge in [0, 0.05) is 0 Å². The number of hydrogen-bond acceptors (Lipinski definition) is 9. The molecule has 0 aromatic rings. The van der Waals surface area contributed by atoms with Gasteiger partial charge in [-0.05, 0) is 52.3 Å². The fourth-order valence-corrected chi connectivity index (χ4v) is 1.48. The molecule has 0 fully saturated rings. The van der Waals surface area contributed by atoms with Crippen LogP contribution in [0.2, 0.25) is 0 Å². The number of carbonyl (C=O) groups is 5. The Labute approximate surface area is 198 Å². The summed E-state index contributed by atoms with van der Waals surface area (Å²) in [6, 6.07) is 0. The van der Waals surface area contributed by atoms with Gasteiger partial charge in [0.25, 0.3) is 0 Å². The van der Waals surface area contributed by atoms with Gasteiger partial charge in [-0.25, -0.2) is 0 Å². The molecule has 1 unspecified atom stereocenters. The molecule has 0 heterocycles. The molecular formula is C21H30O9Ti. The van der Waals surface area contributed by atoms with E-state index in [0.29, 0.717) is 6.42 Å². The van der Waals surface area contributed by atoms with E-state index in [0.717, 1.165) is 18.2 Å². The van der Waals surface area contributed by atoms with Crippen molar-refractivity contribution in [2.75, 3.05) is 0 Å². The molecule has 10 heteroatoms. The monoisotopic (exact) mass is 474 g/mol. The molecule has 0 aliphatic carbocycles. The van der Waals surface area contributed by atoms with E-state index >= 15 is 0 Å². The minimum atomic E-state index is -1.27. The minimum Gasteiger partial charge on any atom is -0.876 e. The summed E-state index contributed by atoms with van der Waals surface area (Å²) in [6.45, 7) is 11.0. The van der Waals surface area contributed by atoms with Gasteiger partial charge in [-0.3, -0.25) is 19.2 Å². The number of carboxylic acid groups (broad SMARTS) is 1. The molecular weight excluding hydrogens is 444 g/mol. The maximum atomic E-state index is 10.4. The van der Waals surface area contributed by atoms with Crippen molar-refractivity contribution in [3.8, 4) is 0 Å². The number of Topliss-reactive ketones (excluding diaryl/α,β-unsaturated/α-hetero) is 1. The van der Waals surface area contributed by atoms with Crippen LogP contribution in [0.1, 0.15) is 61.8 Å². The molecule has 0 aromatic heterocycles. The molecule has 0 aliphatic heterocycles. The second kappa shape index (κ2) is 23.8. The number of rotatable bonds is 6. The van der Waals surface area contributed by atoms with Crippen LogP contribution in [0.15, 0.2) is 35.5 Å². The summed E-state index contributed by atoms with van der Waals surface area (Å²) in [6.07, 6.45) is 3.48. The average molecular weight is 474 g/mol. The molecule has 0 amide bonds. The fourth-order valence-electron chi connectivity index (χ4n) is 1.48. The van der Waals surface area contributed by atoms with Gasteiger partial charge >= 0.3 is 21.7 Å². The average Bonchev–Trinajstić information content (AvgIpc) is 2.43. The fraction of sp³-hybridized carbons (Fsp3) is 0.476. The van der Waals surface area contributed by atoms with Crippen LogP contribution in [0, 0.1) is 5.92 Å². The van der Waals surface area contributed by atoms with Crippen LogP contribution in [0.5, 0.6) is 0 Å². The van der Waals surface area contributed by atoms with Crippen LogP contribution in [0.3, 0.4) is 0 Å². The van der Waals surface area contributed by atoms with Gasteiger partial charge in [-0.15, -0.1) is 17.3 Å². The van der Waals surface area contributed by atoms with Crippen molar-refractivity contribution in [2.45, 2.75) is 61.8 Å². The Morgan fingerprint density at radius 3 is 0.839 bits per heavy atom. The van der Waals surface area contributed by atoms with Gasteiger partial charge in [0.1, 0.15) is 5.78 Å². The molecule has 0 bridgehead atoms. The first kappa shape index (κ1) is 39.0. The Bertz CT molecular complexity index is 582. The zero-order chi connectivity index (χ0) is 25.0. The van der Waals surface area contributed by atoms with E-state index in [4.69, 9.17) is 0 Å². The Balaban J connectivity index is -0.0000000965. The van der Waals surface area contributed by atoms with Crippen LogP contribution in [-0.2, 0) is 45.7 Å². The van der Waals surface area contributed by atoms with E-state index in [9.17, 15) is 44.4 Å². The smallest absolute Gasteiger partial charge is 0.876 e. The SMILES string of the molecule is CC(=O)/C=C(/C)[O-].CC(=O)/C=C(/C)[O-].CC(=O)/C=C(/C)[O-].CCC(C(C)=O)C(=O)[O-].[Ti+4]. The van der Waals surface area contributed by atoms with Gasteiger partial charge in [0.2, 0.25) is 0 Å². The third kappa shape index (κ3) is 47.0. The summed E-state index contributed by atoms with van der Waals surface area (Å²) in [4.78, 5) is 50.4. The van der Waals surface area contributed by atoms with Gasteiger partial charge in [0.05, 0.1) is 11.9 Å². The van der Waals surface area contributed by atoms with E-state index in [1.807, 2.05) is 0 Å². The first-order valence-electron chi connectivity index (χ1n) is 8.76. The number of ketones is 4. The topological polar surface area (TPSA) is 178 Å². The summed E-state index contributed by atoms with van der Waals surface area (Å²) >= 11 is 0. The molecule has 31 heavy (non-hydrogen) atoms. The number of aliphatic carboxylic acids is 1. The third-order valence-electron chi connectivity index (χ3n) is 2.40. The first-order chi connectivity index (χ1) is 13.5. The number of carboxylic acids is 1. The van der Waals surface area contributed by atoms with Gasteiger partial charge < -0.3 is 25.2 Å². The van der Waals surface area contributed by atoms with Gasteiger partial charge in [-0.1, -0.05) is 27.7 Å². The predicted octanol–water partition coefficient (Wildman–Crippen LogP) is -1.13. The molecule has 0 spiro atoms. The molecule has 9 nitrogen and oxygen atoms in total. The Morgan fingerprint density at radius 1 is 0.613 bits per heavy atom. The van der Waals surface area contributed by atoms with Crippen molar-refractivity contribution in [3.63, 3.8) is 0 Å². The largest absolute Gasteiger partial charge is 4.00 e. The van der Waals surface area contributed by atoms with Gasteiger partial charge in [-0.2, -0.15) is 0 Å². The minimum absolute atomic E-state index is 0. The molecule has 0 aliphatic rings. The molecule has 0 aromatic carbocycles. The summed E-state index contributed by atoms with van der Waals surface area (Å²) in [5.74, 6) is -3.65. The molecule has 1 atom stereocenters. The quantitative estimate of drug-likeness (QED) is 0.199. The molecule has 0 saturated heterocycles. The maximum Gasteiger partial charge on any atom is 4.00 e. The molecule has 172 valence electrons. The van der Waals surface area contributed by atoms with Crippen LogP contribution in [0.25, 0.3) is 0 Å². The van der Waals surface area contributed by atoms with Crippen LogP contribution in [-0.4, -0.2) is 29.1 Å². The predicted molar refractivity (Wildman–Crippen MR) is 103 cm³/mol. The maximum absolute atomic E-state index is 10.4. The Hall–Kier alpha value is -2.52. The summed E-state index contributed by atoms with van der Waals surface area (Å²) in [5.41, 5.74) is 0. The standard InChI is InChI=1S/C6H10O3.3C5H8O2.Ti/c1-3-5(4(2)7)6(8)9;3*1-4(6)3-5(2)7;/h5H,3H2,1-2H3,(H,8,9);3*3,6H,1-2H3;/q;;;;+4/p-4/b;3*4-3-;. The van der Waals surface area contributed by atoms with E-state index in [-0.39, 0.29) is 62.1 Å². The van der Waals surface area contributed by atoms with Gasteiger partial charge in [0.15, 0.2) is 17.3 Å². The Kier molecular flexibility index (Phi) is 29.9. The molecule has 0 saturated carbocycles. The normalized spacial score (nSPS) is 11.4. The molecule has 0 N–H and O–H groups in total. The van der Waals surface area contributed by atoms with Crippen molar-refractivity contribution in [3.05, 3.63) is 35.5 Å². The number of allylic oxidation sites excluding steroid dienone is 6. The second-order valence-corrected chi connectivity index (χ2v) is 5.99.